The Kier molecular flexibility index (Phi) is 6.86. The molecule has 0 aromatic carbocycles. The summed E-state index contributed by atoms with van der Waals surface area (Å²) in [7, 11) is 0. The van der Waals surface area contributed by atoms with Crippen LogP contribution in [-0.4, -0.2) is 5.75 Å². The summed E-state index contributed by atoms with van der Waals surface area (Å²) in [6, 6.07) is 0. The van der Waals surface area contributed by atoms with Gasteiger partial charge in [0, 0.05) is 10.2 Å². The number of hydrogen-bond acceptors (Lipinski definition) is 2. The molecule has 0 aromatic heterocycles. The molecule has 9 heavy (non-hydrogen) atoms. The monoisotopic (exact) mass is 381 g/mol. The van der Waals surface area contributed by atoms with Crippen LogP contribution in [0.3, 0.4) is 0 Å². The lowest BCUT2D eigenvalue weighted by Crippen LogP contribution is -1.73. The van der Waals surface area contributed by atoms with E-state index in [-0.39, 0.29) is 0 Å². The van der Waals surface area contributed by atoms with Crippen molar-refractivity contribution < 1.29 is 0 Å². The van der Waals surface area contributed by atoms with Crippen molar-refractivity contribution in [2.45, 2.75) is 0 Å². The fourth-order valence-corrected chi connectivity index (χ4v) is 1.60. The second kappa shape index (κ2) is 6.01. The Balaban J connectivity index is 3.67. The van der Waals surface area contributed by atoms with Crippen molar-refractivity contribution in [1.29, 1.82) is 5.26 Å². The first-order valence-corrected chi connectivity index (χ1v) is 5.54. The molecule has 0 fully saturated rings. The van der Waals surface area contributed by atoms with Crippen molar-refractivity contribution in [2.24, 2.45) is 0 Å². The Hall–Kier alpha value is 1.27. The van der Waals surface area contributed by atoms with Crippen LogP contribution in [0.5, 0.6) is 0 Å². The molecular formula is C4H2Br2INS. The third-order valence-electron chi connectivity index (χ3n) is 0.469. The highest BCUT2D eigenvalue weighted by Crippen LogP contribution is 2.26. The molecule has 0 aromatic rings. The third-order valence-corrected chi connectivity index (χ3v) is 4.48. The number of thiocyanates is 1. The summed E-state index contributed by atoms with van der Waals surface area (Å²) in [5, 5.41) is 10.1. The average molecular weight is 383 g/mol. The van der Waals surface area contributed by atoms with E-state index in [2.05, 4.69) is 54.5 Å². The van der Waals surface area contributed by atoms with Gasteiger partial charge in [0.1, 0.15) is 5.40 Å². The van der Waals surface area contributed by atoms with Gasteiger partial charge in [0.15, 0.2) is 0 Å². The number of nitrogens with zero attached hydrogens (tertiary/aromatic N) is 1. The molecule has 0 rings (SSSR count). The summed E-state index contributed by atoms with van der Waals surface area (Å²) >= 11 is 9.91. The standard InChI is InChI=1S/C4H2Br2INS/c5-3(4(6)7)1-9-2-8/h1H2/b4-3-. The van der Waals surface area contributed by atoms with Crippen LogP contribution >= 0.6 is 66.2 Å². The van der Waals surface area contributed by atoms with Crippen molar-refractivity contribution in [3.8, 4) is 5.40 Å². The third kappa shape index (κ3) is 5.70. The fraction of sp³-hybridized carbons (Fsp3) is 0.250. The van der Waals surface area contributed by atoms with Gasteiger partial charge in [0.2, 0.25) is 0 Å². The molecule has 0 saturated heterocycles. The van der Waals surface area contributed by atoms with Gasteiger partial charge in [-0.05, 0) is 50.3 Å². The van der Waals surface area contributed by atoms with E-state index >= 15 is 0 Å². The van der Waals surface area contributed by atoms with Crippen molar-refractivity contribution in [1.82, 2.24) is 0 Å². The molecule has 0 atom stereocenters. The van der Waals surface area contributed by atoms with Gasteiger partial charge in [-0.25, -0.2) is 0 Å². The molecule has 0 radical (unpaired) electrons. The zero-order valence-electron chi connectivity index (χ0n) is 4.20. The van der Waals surface area contributed by atoms with Gasteiger partial charge in [0.05, 0.1) is 2.49 Å². The number of rotatable bonds is 2. The summed E-state index contributed by atoms with van der Waals surface area (Å²) in [6.45, 7) is 0. The highest BCUT2D eigenvalue weighted by molar-refractivity contribution is 14.1. The summed E-state index contributed by atoms with van der Waals surface area (Å²) in [5.74, 6) is 0.708. The normalized spacial score (nSPS) is 12.2. The SMILES string of the molecule is N#CSC/C(Br)=C(\Br)I. The largest absolute Gasteiger partial charge is 0.185 e. The first kappa shape index (κ1) is 10.3. The zero-order valence-corrected chi connectivity index (χ0v) is 10.3. The molecule has 0 bridgehead atoms. The molecule has 0 aliphatic heterocycles. The molecule has 0 saturated carbocycles. The zero-order chi connectivity index (χ0) is 7.28. The minimum atomic E-state index is 0.708. The maximum atomic E-state index is 8.15. The van der Waals surface area contributed by atoms with Crippen LogP contribution in [0.2, 0.25) is 0 Å². The van der Waals surface area contributed by atoms with E-state index in [1.54, 1.807) is 0 Å². The minimum Gasteiger partial charge on any atom is -0.185 e. The first-order valence-electron chi connectivity index (χ1n) is 1.89. The maximum absolute atomic E-state index is 8.15. The van der Waals surface area contributed by atoms with Crippen molar-refractivity contribution in [3.63, 3.8) is 0 Å². The maximum Gasteiger partial charge on any atom is 0.133 e. The van der Waals surface area contributed by atoms with Crippen LogP contribution in [0.1, 0.15) is 0 Å². The fourth-order valence-electron chi connectivity index (χ4n) is 0.150. The van der Waals surface area contributed by atoms with Gasteiger partial charge in [-0.1, -0.05) is 15.9 Å². The number of thioether (sulfide) groups is 1. The van der Waals surface area contributed by atoms with Crippen LogP contribution in [0.4, 0.5) is 0 Å². The van der Waals surface area contributed by atoms with E-state index in [1.807, 2.05) is 5.40 Å². The highest BCUT2D eigenvalue weighted by atomic mass is 127. The van der Waals surface area contributed by atoms with Gasteiger partial charge < -0.3 is 0 Å². The molecule has 5 heteroatoms. The quantitative estimate of drug-likeness (QED) is 0.538. The Morgan fingerprint density at radius 1 is 1.67 bits per heavy atom. The van der Waals surface area contributed by atoms with Gasteiger partial charge in [-0.2, -0.15) is 5.26 Å². The first-order chi connectivity index (χ1) is 4.18. The Morgan fingerprint density at radius 2 is 2.22 bits per heavy atom. The number of hydrogen-bond donors (Lipinski definition) is 0. The van der Waals surface area contributed by atoms with E-state index in [1.165, 1.54) is 11.8 Å². The Morgan fingerprint density at radius 3 is 2.56 bits per heavy atom. The molecule has 0 spiro atoms. The van der Waals surface area contributed by atoms with Gasteiger partial charge in [-0.15, -0.1) is 0 Å². The summed E-state index contributed by atoms with van der Waals surface area (Å²) < 4.78 is 2.04. The second-order valence-electron chi connectivity index (χ2n) is 1.05. The topological polar surface area (TPSA) is 23.8 Å². The van der Waals surface area contributed by atoms with Crippen LogP contribution in [-0.2, 0) is 0 Å². The smallest absolute Gasteiger partial charge is 0.133 e. The Bertz CT molecular complexity index is 158. The number of halogens is 3. The molecule has 50 valence electrons. The van der Waals surface area contributed by atoms with E-state index in [4.69, 9.17) is 5.26 Å². The lowest BCUT2D eigenvalue weighted by atomic mass is 10.8. The van der Waals surface area contributed by atoms with E-state index in [0.29, 0.717) is 5.75 Å². The average Bonchev–Trinajstić information content (AvgIpc) is 1.82. The van der Waals surface area contributed by atoms with E-state index in [0.717, 1.165) is 6.97 Å². The van der Waals surface area contributed by atoms with E-state index < -0.39 is 0 Å². The molecule has 0 amide bonds. The van der Waals surface area contributed by atoms with Crippen LogP contribution in [0, 0.1) is 10.7 Å². The molecule has 0 N–H and O–H groups in total. The molecule has 0 aliphatic rings. The highest BCUT2D eigenvalue weighted by Gasteiger charge is 1.95. The molecular weight excluding hydrogens is 381 g/mol. The predicted octanol–water partition coefficient (Wildman–Crippen LogP) is 3.59. The van der Waals surface area contributed by atoms with Crippen molar-refractivity contribution >= 4 is 66.2 Å². The Labute approximate surface area is 88.7 Å². The molecule has 0 heterocycles. The molecule has 0 aliphatic carbocycles. The predicted molar refractivity (Wildman–Crippen MR) is 57.0 cm³/mol. The van der Waals surface area contributed by atoms with Crippen LogP contribution < -0.4 is 0 Å². The lowest BCUT2D eigenvalue weighted by molar-refractivity contribution is 1.56. The van der Waals surface area contributed by atoms with E-state index in [9.17, 15) is 0 Å². The van der Waals surface area contributed by atoms with Crippen LogP contribution in [0.15, 0.2) is 6.97 Å². The van der Waals surface area contributed by atoms with Gasteiger partial charge in [-0.3, -0.25) is 0 Å². The van der Waals surface area contributed by atoms with Gasteiger partial charge >= 0.3 is 0 Å². The lowest BCUT2D eigenvalue weighted by Gasteiger charge is -1.91. The minimum absolute atomic E-state index is 0.708. The van der Waals surface area contributed by atoms with Crippen LogP contribution in [0.25, 0.3) is 0 Å². The molecule has 1 nitrogen and oxygen atoms in total. The van der Waals surface area contributed by atoms with Crippen molar-refractivity contribution in [3.05, 3.63) is 6.97 Å². The molecule has 0 unspecified atom stereocenters. The summed E-state index contributed by atoms with van der Waals surface area (Å²) in [5.41, 5.74) is 0. The second-order valence-corrected chi connectivity index (χ2v) is 6.12. The number of nitriles is 1. The summed E-state index contributed by atoms with van der Waals surface area (Å²) in [6.07, 6.45) is 0. The van der Waals surface area contributed by atoms with Gasteiger partial charge in [0.25, 0.3) is 0 Å². The summed E-state index contributed by atoms with van der Waals surface area (Å²) in [4.78, 5) is 0. The van der Waals surface area contributed by atoms with Crippen molar-refractivity contribution in [2.75, 3.05) is 5.75 Å².